The Labute approximate surface area is 78.5 Å². The van der Waals surface area contributed by atoms with Crippen LogP contribution < -0.4 is 0 Å². The van der Waals surface area contributed by atoms with Crippen molar-refractivity contribution in [1.29, 1.82) is 0 Å². The van der Waals surface area contributed by atoms with Gasteiger partial charge in [0.25, 0.3) is 0 Å². The highest BCUT2D eigenvalue weighted by Crippen LogP contribution is 2.10. The Morgan fingerprint density at radius 3 is 2.62 bits per heavy atom. The Balaban J connectivity index is 2.71. The van der Waals surface area contributed by atoms with Crippen molar-refractivity contribution in [3.05, 3.63) is 35.9 Å². The molecule has 0 atom stereocenters. The van der Waals surface area contributed by atoms with Gasteiger partial charge in [0, 0.05) is 0 Å². The summed E-state index contributed by atoms with van der Waals surface area (Å²) in [5.41, 5.74) is -0.0433. The standard InChI is InChI=1S/C11H12O2/c1-11(2,3)13-10(12)9-7-5-4-6-8-9/h4-5,7H,1-3H3. The minimum absolute atomic E-state index is 0.357. The van der Waals surface area contributed by atoms with E-state index in [1.165, 1.54) is 0 Å². The molecule has 2 nitrogen and oxygen atoms in total. The fourth-order valence-corrected chi connectivity index (χ4v) is 0.806. The third-order valence-corrected chi connectivity index (χ3v) is 1.27. The Bertz CT molecular complexity index is 283. The van der Waals surface area contributed by atoms with Gasteiger partial charge >= 0.3 is 5.97 Å². The molecule has 0 aliphatic carbocycles. The van der Waals surface area contributed by atoms with Crippen molar-refractivity contribution >= 4 is 5.97 Å². The fourth-order valence-electron chi connectivity index (χ4n) is 0.806. The third kappa shape index (κ3) is 3.16. The SMILES string of the molecule is CC(C)(C)OC(=O)c1c#cccc1. The topological polar surface area (TPSA) is 26.3 Å². The minimum Gasteiger partial charge on any atom is -0.456 e. The zero-order chi connectivity index (χ0) is 9.90. The van der Waals surface area contributed by atoms with Crippen LogP contribution in [0.3, 0.4) is 0 Å². The quantitative estimate of drug-likeness (QED) is 0.613. The fraction of sp³-hybridized carbons (Fsp3) is 0.364. The van der Waals surface area contributed by atoms with Crippen LogP contribution in [0, 0.1) is 12.1 Å². The van der Waals surface area contributed by atoms with Gasteiger partial charge in [-0.15, -0.1) is 0 Å². The van der Waals surface area contributed by atoms with Gasteiger partial charge in [-0.1, -0.05) is 18.2 Å². The molecule has 0 amide bonds. The Kier molecular flexibility index (Phi) is 2.57. The van der Waals surface area contributed by atoms with E-state index in [-0.39, 0.29) is 5.97 Å². The van der Waals surface area contributed by atoms with Crippen LogP contribution in [0.25, 0.3) is 0 Å². The van der Waals surface area contributed by atoms with E-state index in [1.807, 2.05) is 20.8 Å². The number of rotatable bonds is 1. The summed E-state index contributed by atoms with van der Waals surface area (Å²) in [5.74, 6) is -0.357. The average molecular weight is 176 g/mol. The molecule has 1 rings (SSSR count). The van der Waals surface area contributed by atoms with Crippen molar-refractivity contribution in [3.63, 3.8) is 0 Å². The van der Waals surface area contributed by atoms with E-state index < -0.39 is 5.60 Å². The molecule has 1 aromatic carbocycles. The number of hydrogen-bond acceptors (Lipinski definition) is 2. The Hall–Kier alpha value is -1.49. The van der Waals surface area contributed by atoms with Crippen LogP contribution in [-0.2, 0) is 4.74 Å². The molecule has 0 radical (unpaired) electrons. The maximum atomic E-state index is 11.4. The summed E-state index contributed by atoms with van der Waals surface area (Å²) in [6.07, 6.45) is 0. The average Bonchev–Trinajstić information content (AvgIpc) is 2.03. The summed E-state index contributed by atoms with van der Waals surface area (Å²) in [4.78, 5) is 11.4. The van der Waals surface area contributed by atoms with E-state index in [4.69, 9.17) is 4.74 Å². The highest BCUT2D eigenvalue weighted by atomic mass is 16.6. The van der Waals surface area contributed by atoms with Crippen molar-refractivity contribution in [2.75, 3.05) is 0 Å². The number of ether oxygens (including phenoxy) is 1. The molecule has 0 aliphatic heterocycles. The molecule has 1 aromatic rings. The highest BCUT2D eigenvalue weighted by molar-refractivity contribution is 5.88. The second kappa shape index (κ2) is 3.49. The predicted molar refractivity (Wildman–Crippen MR) is 49.3 cm³/mol. The predicted octanol–water partition coefficient (Wildman–Crippen LogP) is 2.24. The van der Waals surface area contributed by atoms with Crippen molar-refractivity contribution in [2.24, 2.45) is 0 Å². The zero-order valence-corrected chi connectivity index (χ0v) is 8.05. The van der Waals surface area contributed by atoms with Gasteiger partial charge in [0.05, 0.1) is 0 Å². The van der Waals surface area contributed by atoms with Gasteiger partial charge in [-0.2, -0.15) is 0 Å². The summed E-state index contributed by atoms with van der Waals surface area (Å²) in [5, 5.41) is 0. The van der Waals surface area contributed by atoms with Gasteiger partial charge in [-0.25, -0.2) is 4.79 Å². The van der Waals surface area contributed by atoms with E-state index in [9.17, 15) is 4.79 Å². The molecule has 0 unspecified atom stereocenters. The van der Waals surface area contributed by atoms with Crippen LogP contribution >= 0.6 is 0 Å². The van der Waals surface area contributed by atoms with Gasteiger partial charge in [0.2, 0.25) is 0 Å². The molecule has 0 bridgehead atoms. The van der Waals surface area contributed by atoms with Crippen molar-refractivity contribution in [2.45, 2.75) is 26.4 Å². The van der Waals surface area contributed by atoms with Crippen LogP contribution in [0.4, 0.5) is 0 Å². The van der Waals surface area contributed by atoms with Gasteiger partial charge < -0.3 is 4.74 Å². The zero-order valence-electron chi connectivity index (χ0n) is 8.05. The first-order valence-corrected chi connectivity index (χ1v) is 4.11. The lowest BCUT2D eigenvalue weighted by Crippen LogP contribution is -2.23. The highest BCUT2D eigenvalue weighted by Gasteiger charge is 2.17. The molecule has 0 N–H and O–H groups in total. The molecule has 0 fully saturated rings. The molecule has 0 saturated heterocycles. The largest absolute Gasteiger partial charge is 0.456 e. The van der Waals surface area contributed by atoms with Crippen LogP contribution in [0.5, 0.6) is 0 Å². The van der Waals surface area contributed by atoms with Crippen molar-refractivity contribution in [3.8, 4) is 0 Å². The smallest absolute Gasteiger partial charge is 0.347 e. The van der Waals surface area contributed by atoms with Crippen LogP contribution in [0.2, 0.25) is 0 Å². The molecule has 68 valence electrons. The molecule has 13 heavy (non-hydrogen) atoms. The first kappa shape index (κ1) is 9.60. The second-order valence-corrected chi connectivity index (χ2v) is 3.71. The lowest BCUT2D eigenvalue weighted by Gasteiger charge is -2.18. The number of esters is 1. The first-order chi connectivity index (χ1) is 5.99. The van der Waals surface area contributed by atoms with E-state index in [2.05, 4.69) is 12.1 Å². The number of carbonyl (C=O) groups is 1. The van der Waals surface area contributed by atoms with Crippen molar-refractivity contribution in [1.82, 2.24) is 0 Å². The van der Waals surface area contributed by atoms with Gasteiger partial charge in [0.1, 0.15) is 11.2 Å². The molecular weight excluding hydrogens is 164 g/mol. The van der Waals surface area contributed by atoms with E-state index >= 15 is 0 Å². The van der Waals surface area contributed by atoms with Gasteiger partial charge in [-0.05, 0) is 32.9 Å². The molecular formula is C11H12O2. The Morgan fingerprint density at radius 1 is 1.46 bits per heavy atom. The maximum absolute atomic E-state index is 11.4. The van der Waals surface area contributed by atoms with Crippen LogP contribution in [0.15, 0.2) is 18.2 Å². The van der Waals surface area contributed by atoms with Gasteiger partial charge in [0.15, 0.2) is 0 Å². The van der Waals surface area contributed by atoms with E-state index in [0.717, 1.165) is 0 Å². The van der Waals surface area contributed by atoms with E-state index in [0.29, 0.717) is 5.56 Å². The van der Waals surface area contributed by atoms with Crippen LogP contribution in [0.1, 0.15) is 31.1 Å². The lowest BCUT2D eigenvalue weighted by molar-refractivity contribution is 0.00695. The van der Waals surface area contributed by atoms with Crippen molar-refractivity contribution < 1.29 is 9.53 Å². The first-order valence-electron chi connectivity index (χ1n) is 4.11. The molecule has 0 saturated carbocycles. The summed E-state index contributed by atoms with van der Waals surface area (Å²) in [6, 6.07) is 10.5. The molecule has 2 heteroatoms. The Morgan fingerprint density at radius 2 is 2.15 bits per heavy atom. The lowest BCUT2D eigenvalue weighted by atomic mass is 10.2. The molecule has 0 aliphatic rings. The second-order valence-electron chi connectivity index (χ2n) is 3.71. The summed E-state index contributed by atoms with van der Waals surface area (Å²) in [6.45, 7) is 5.49. The monoisotopic (exact) mass is 176 g/mol. The van der Waals surface area contributed by atoms with Gasteiger partial charge in [-0.3, -0.25) is 0 Å². The molecule has 0 spiro atoms. The normalized spacial score (nSPS) is 10.4. The van der Waals surface area contributed by atoms with Crippen LogP contribution in [-0.4, -0.2) is 11.6 Å². The third-order valence-electron chi connectivity index (χ3n) is 1.27. The summed E-state index contributed by atoms with van der Waals surface area (Å²) < 4.78 is 5.13. The molecule has 0 aromatic heterocycles. The number of hydrogen-bond donors (Lipinski definition) is 0. The minimum atomic E-state index is -0.458. The molecule has 0 heterocycles. The van der Waals surface area contributed by atoms with E-state index in [1.54, 1.807) is 18.2 Å². The maximum Gasteiger partial charge on any atom is 0.347 e. The summed E-state index contributed by atoms with van der Waals surface area (Å²) in [7, 11) is 0. The summed E-state index contributed by atoms with van der Waals surface area (Å²) >= 11 is 0. The number of carbonyl (C=O) groups excluding carboxylic acids is 1.